The smallest absolute Gasteiger partial charge is 0.344 e. The van der Waals surface area contributed by atoms with Crippen molar-refractivity contribution < 1.29 is 31.1 Å². The molecule has 0 bridgehead atoms. The highest BCUT2D eigenvalue weighted by Crippen LogP contribution is 2.48. The number of nitrogens with zero attached hydrogens (tertiary/aromatic N) is 3. The Hall–Kier alpha value is -1.03. The van der Waals surface area contributed by atoms with Crippen LogP contribution in [0.5, 0.6) is 0 Å². The fraction of sp³-hybridized carbons (Fsp3) is 0.966. The van der Waals surface area contributed by atoms with Gasteiger partial charge in [-0.15, -0.1) is 0 Å². The van der Waals surface area contributed by atoms with Crippen molar-refractivity contribution in [2.45, 2.75) is 114 Å². The summed E-state index contributed by atoms with van der Waals surface area (Å²) in [5.74, 6) is -4.31. The highest BCUT2D eigenvalue weighted by molar-refractivity contribution is 5.82. The maximum absolute atomic E-state index is 13.9. The molecule has 3 atom stereocenters. The minimum Gasteiger partial charge on any atom is -0.344 e. The first-order valence-corrected chi connectivity index (χ1v) is 15.3. The van der Waals surface area contributed by atoms with Crippen molar-refractivity contribution in [1.29, 1.82) is 0 Å². The van der Waals surface area contributed by atoms with Gasteiger partial charge in [-0.25, -0.2) is 0 Å². The molecule has 226 valence electrons. The minimum absolute atomic E-state index is 0.0106. The maximum atomic E-state index is 13.9. The van der Waals surface area contributed by atoms with Gasteiger partial charge in [0.25, 0.3) is 0 Å². The molecule has 3 saturated carbocycles. The monoisotopic (exact) mass is 567 g/mol. The lowest BCUT2D eigenvalue weighted by molar-refractivity contribution is -0.229. The van der Waals surface area contributed by atoms with Crippen LogP contribution in [0.2, 0.25) is 0 Å². The van der Waals surface area contributed by atoms with Gasteiger partial charge in [0, 0.05) is 45.8 Å². The summed E-state index contributed by atoms with van der Waals surface area (Å²) >= 11 is 0. The van der Waals surface area contributed by atoms with E-state index in [1.54, 1.807) is 11.9 Å². The van der Waals surface area contributed by atoms with Gasteiger partial charge in [0.15, 0.2) is 0 Å². The predicted molar refractivity (Wildman–Crippen MR) is 139 cm³/mol. The molecule has 1 saturated heterocycles. The molecule has 4 fully saturated rings. The van der Waals surface area contributed by atoms with E-state index in [2.05, 4.69) is 9.80 Å². The zero-order valence-corrected chi connectivity index (χ0v) is 23.4. The molecule has 0 aromatic heterocycles. The van der Waals surface area contributed by atoms with Gasteiger partial charge in [0.1, 0.15) is 0 Å². The third-order valence-corrected chi connectivity index (χ3v) is 10.2. The molecule has 1 aliphatic heterocycles. The van der Waals surface area contributed by atoms with Crippen LogP contribution in [0.4, 0.5) is 26.3 Å². The van der Waals surface area contributed by atoms with E-state index in [9.17, 15) is 31.1 Å². The van der Waals surface area contributed by atoms with Crippen molar-refractivity contribution in [2.75, 3.05) is 39.8 Å². The summed E-state index contributed by atoms with van der Waals surface area (Å²) < 4.78 is 80.6. The number of hydrogen-bond acceptors (Lipinski definition) is 3. The van der Waals surface area contributed by atoms with Crippen LogP contribution in [0.25, 0.3) is 0 Å². The van der Waals surface area contributed by atoms with E-state index in [1.165, 1.54) is 38.5 Å². The zero-order valence-electron chi connectivity index (χ0n) is 23.4. The lowest BCUT2D eigenvalue weighted by Gasteiger charge is -2.46. The van der Waals surface area contributed by atoms with E-state index in [1.807, 2.05) is 0 Å². The van der Waals surface area contributed by atoms with E-state index < -0.39 is 36.5 Å². The summed E-state index contributed by atoms with van der Waals surface area (Å²) in [5.41, 5.74) is 0. The molecule has 39 heavy (non-hydrogen) atoms. The quantitative estimate of drug-likeness (QED) is 0.314. The van der Waals surface area contributed by atoms with Crippen LogP contribution in [0.1, 0.15) is 89.9 Å². The Labute approximate surface area is 229 Å². The number of rotatable bonds is 7. The van der Waals surface area contributed by atoms with Crippen LogP contribution in [0.15, 0.2) is 0 Å². The first-order chi connectivity index (χ1) is 18.4. The minimum atomic E-state index is -4.63. The summed E-state index contributed by atoms with van der Waals surface area (Å²) in [5, 5.41) is 0. The van der Waals surface area contributed by atoms with E-state index in [-0.39, 0.29) is 43.7 Å². The largest absolute Gasteiger partial charge is 0.391 e. The zero-order chi connectivity index (χ0) is 28.2. The van der Waals surface area contributed by atoms with E-state index in [4.69, 9.17) is 0 Å². The Kier molecular flexibility index (Phi) is 10.5. The second-order valence-corrected chi connectivity index (χ2v) is 12.8. The maximum Gasteiger partial charge on any atom is 0.391 e. The molecule has 0 aromatic rings. The summed E-state index contributed by atoms with van der Waals surface area (Å²) in [6, 6.07) is 0.393. The molecule has 1 heterocycles. The number of likely N-dealkylation sites (N-methyl/N-ethyl adjacent to an activating group) is 1. The lowest BCUT2D eigenvalue weighted by Crippen LogP contribution is -2.59. The number of alkyl halides is 6. The standard InChI is InChI=1S/C29H47F6N3O/c1-36(13-12-21-18-23(28(30,31)32)20-24(19-21)29(33,34)35)27(39)26(22-8-4-2-5-9-22)38-16-14-37(15-17-38)25-10-6-3-7-11-25/h21-26H,2-20H2,1H3. The van der Waals surface area contributed by atoms with Gasteiger partial charge in [0.05, 0.1) is 17.9 Å². The van der Waals surface area contributed by atoms with Crippen molar-refractivity contribution in [3.8, 4) is 0 Å². The number of halogens is 6. The number of carbonyl (C=O) groups excluding carboxylic acids is 1. The molecule has 10 heteroatoms. The summed E-state index contributed by atoms with van der Waals surface area (Å²) in [6.07, 6.45) is 1.21. The van der Waals surface area contributed by atoms with Crippen LogP contribution in [-0.2, 0) is 4.79 Å². The van der Waals surface area contributed by atoms with Crippen LogP contribution in [-0.4, -0.2) is 84.8 Å². The SMILES string of the molecule is CN(CCC1CC(C(F)(F)F)CC(C(F)(F)F)C1)C(=O)C(C1CCCCC1)N1CCN(C2CCCCC2)CC1. The fourth-order valence-corrected chi connectivity index (χ4v) is 7.85. The Morgan fingerprint density at radius 1 is 0.769 bits per heavy atom. The number of piperazine rings is 1. The van der Waals surface area contributed by atoms with Crippen molar-refractivity contribution in [1.82, 2.24) is 14.7 Å². The molecule has 4 nitrogen and oxygen atoms in total. The van der Waals surface area contributed by atoms with Gasteiger partial charge in [0.2, 0.25) is 5.91 Å². The van der Waals surface area contributed by atoms with Crippen molar-refractivity contribution >= 4 is 5.91 Å². The Balaban J connectivity index is 1.37. The molecular weight excluding hydrogens is 520 g/mol. The van der Waals surface area contributed by atoms with Crippen molar-refractivity contribution in [2.24, 2.45) is 23.7 Å². The van der Waals surface area contributed by atoms with Gasteiger partial charge in [-0.1, -0.05) is 38.5 Å². The second-order valence-electron chi connectivity index (χ2n) is 12.8. The molecular formula is C29H47F6N3O. The first-order valence-electron chi connectivity index (χ1n) is 15.3. The molecule has 0 aromatic carbocycles. The van der Waals surface area contributed by atoms with Crippen molar-refractivity contribution in [3.63, 3.8) is 0 Å². The molecule has 3 aliphatic carbocycles. The van der Waals surface area contributed by atoms with Crippen LogP contribution < -0.4 is 0 Å². The van der Waals surface area contributed by atoms with Gasteiger partial charge in [-0.2, -0.15) is 26.3 Å². The number of hydrogen-bond donors (Lipinski definition) is 0. The molecule has 1 amide bonds. The molecule has 4 aliphatic rings. The lowest BCUT2D eigenvalue weighted by atomic mass is 9.73. The Morgan fingerprint density at radius 3 is 1.79 bits per heavy atom. The highest BCUT2D eigenvalue weighted by Gasteiger charge is 2.51. The normalized spacial score (nSPS) is 30.3. The number of amides is 1. The van der Waals surface area contributed by atoms with Crippen LogP contribution >= 0.6 is 0 Å². The summed E-state index contributed by atoms with van der Waals surface area (Å²) in [6.45, 7) is 3.76. The van der Waals surface area contributed by atoms with Crippen LogP contribution in [0, 0.1) is 23.7 Å². The van der Waals surface area contributed by atoms with E-state index in [0.29, 0.717) is 6.04 Å². The number of carbonyl (C=O) groups is 1. The van der Waals surface area contributed by atoms with Gasteiger partial charge < -0.3 is 4.90 Å². The predicted octanol–water partition coefficient (Wildman–Crippen LogP) is 6.89. The third kappa shape index (κ3) is 8.26. The molecule has 0 N–H and O–H groups in total. The second kappa shape index (κ2) is 13.3. The topological polar surface area (TPSA) is 26.8 Å². The van der Waals surface area contributed by atoms with E-state index >= 15 is 0 Å². The average Bonchev–Trinajstić information content (AvgIpc) is 2.92. The average molecular weight is 568 g/mol. The summed E-state index contributed by atoms with van der Waals surface area (Å²) in [4.78, 5) is 20.4. The molecule has 3 unspecified atom stereocenters. The third-order valence-electron chi connectivity index (χ3n) is 10.2. The molecule has 0 radical (unpaired) electrons. The summed E-state index contributed by atoms with van der Waals surface area (Å²) in [7, 11) is 1.68. The fourth-order valence-electron chi connectivity index (χ4n) is 7.85. The van der Waals surface area contributed by atoms with Gasteiger partial charge in [-0.05, 0) is 63.2 Å². The first kappa shape index (κ1) is 30.9. The Morgan fingerprint density at radius 2 is 1.28 bits per heavy atom. The van der Waals surface area contributed by atoms with Crippen molar-refractivity contribution in [3.05, 3.63) is 0 Å². The van der Waals surface area contributed by atoms with Gasteiger partial charge >= 0.3 is 12.4 Å². The Bertz CT molecular complexity index is 748. The van der Waals surface area contributed by atoms with E-state index in [0.717, 1.165) is 51.9 Å². The van der Waals surface area contributed by atoms with Gasteiger partial charge in [-0.3, -0.25) is 14.6 Å². The van der Waals surface area contributed by atoms with Crippen LogP contribution in [0.3, 0.4) is 0 Å². The molecule has 0 spiro atoms. The highest BCUT2D eigenvalue weighted by atomic mass is 19.4. The molecule has 4 rings (SSSR count).